The maximum absolute atomic E-state index is 10.7. The molecule has 0 aliphatic carbocycles. The van der Waals surface area contributed by atoms with Gasteiger partial charge in [-0.15, -0.1) is 0 Å². The molecule has 7 nitrogen and oxygen atoms in total. The number of benzene rings is 1. The summed E-state index contributed by atoms with van der Waals surface area (Å²) in [5, 5.41) is 36.6. The topological polar surface area (TPSA) is 127 Å². The predicted molar refractivity (Wildman–Crippen MR) is 73.8 cm³/mol. The molecule has 1 rings (SSSR count). The fourth-order valence-corrected chi connectivity index (χ4v) is 1.86. The van der Waals surface area contributed by atoms with E-state index in [1.165, 1.54) is 6.07 Å². The number of phenolic OH excluding ortho intramolecular Hbond substituents is 1. The van der Waals surface area contributed by atoms with Gasteiger partial charge < -0.3 is 31.1 Å². The Morgan fingerprint density at radius 3 is 2.30 bits per heavy atom. The fourth-order valence-electron chi connectivity index (χ4n) is 1.86. The highest BCUT2D eigenvalue weighted by atomic mass is 16.4. The van der Waals surface area contributed by atoms with Gasteiger partial charge in [-0.05, 0) is 11.6 Å². The molecule has 0 fully saturated rings. The zero-order valence-electron chi connectivity index (χ0n) is 11.1. The first-order valence-corrected chi connectivity index (χ1v) is 6.26. The number of aromatic hydroxyl groups is 1. The van der Waals surface area contributed by atoms with E-state index in [0.717, 1.165) is 0 Å². The van der Waals surface area contributed by atoms with Crippen molar-refractivity contribution in [2.75, 3.05) is 31.2 Å². The number of phenols is 1. The maximum Gasteiger partial charge on any atom is 0.320 e. The number of aliphatic carboxylic acids is 1. The fraction of sp³-hybridized carbons (Fsp3) is 0.462. The number of hydrogen-bond acceptors (Lipinski definition) is 6. The molecule has 0 aliphatic rings. The van der Waals surface area contributed by atoms with Gasteiger partial charge in [-0.1, -0.05) is 6.07 Å². The van der Waals surface area contributed by atoms with Crippen molar-refractivity contribution in [3.8, 4) is 5.75 Å². The minimum Gasteiger partial charge on any atom is -0.508 e. The van der Waals surface area contributed by atoms with E-state index >= 15 is 0 Å². The van der Waals surface area contributed by atoms with Crippen LogP contribution in [0, 0.1) is 0 Å². The van der Waals surface area contributed by atoms with Gasteiger partial charge in [0.2, 0.25) is 0 Å². The van der Waals surface area contributed by atoms with Crippen LogP contribution in [0.3, 0.4) is 0 Å². The zero-order valence-corrected chi connectivity index (χ0v) is 11.1. The highest BCUT2D eigenvalue weighted by Gasteiger charge is 2.15. The molecule has 112 valence electrons. The van der Waals surface area contributed by atoms with Crippen LogP contribution in [-0.2, 0) is 11.2 Å². The highest BCUT2D eigenvalue weighted by Crippen LogP contribution is 2.25. The van der Waals surface area contributed by atoms with Crippen LogP contribution < -0.4 is 10.6 Å². The Kier molecular flexibility index (Phi) is 6.23. The molecule has 0 radical (unpaired) electrons. The molecule has 1 aromatic carbocycles. The maximum atomic E-state index is 10.7. The molecule has 1 unspecified atom stereocenters. The van der Waals surface area contributed by atoms with Crippen molar-refractivity contribution in [2.45, 2.75) is 12.5 Å². The molecule has 0 aromatic heterocycles. The lowest BCUT2D eigenvalue weighted by molar-refractivity contribution is -0.138. The molecule has 0 bridgehead atoms. The molecule has 0 saturated heterocycles. The van der Waals surface area contributed by atoms with Gasteiger partial charge >= 0.3 is 5.97 Å². The van der Waals surface area contributed by atoms with E-state index in [-0.39, 0.29) is 25.4 Å². The Balaban J connectivity index is 2.88. The van der Waals surface area contributed by atoms with E-state index < -0.39 is 12.0 Å². The number of carbonyl (C=O) groups is 1. The van der Waals surface area contributed by atoms with Crippen molar-refractivity contribution in [2.24, 2.45) is 5.73 Å². The zero-order chi connectivity index (χ0) is 15.1. The first kappa shape index (κ1) is 16.2. The number of nitrogens with zero attached hydrogens (tertiary/aromatic N) is 1. The van der Waals surface area contributed by atoms with Crippen molar-refractivity contribution in [3.63, 3.8) is 0 Å². The van der Waals surface area contributed by atoms with E-state index in [1.807, 2.05) is 0 Å². The number of aliphatic hydroxyl groups excluding tert-OH is 2. The van der Waals surface area contributed by atoms with E-state index in [0.29, 0.717) is 24.3 Å². The van der Waals surface area contributed by atoms with Crippen LogP contribution in [0.5, 0.6) is 5.75 Å². The van der Waals surface area contributed by atoms with Crippen LogP contribution >= 0.6 is 0 Å². The summed E-state index contributed by atoms with van der Waals surface area (Å²) in [7, 11) is 0. The minimum absolute atomic E-state index is 0.0292. The molecule has 7 heteroatoms. The monoisotopic (exact) mass is 284 g/mol. The summed E-state index contributed by atoms with van der Waals surface area (Å²) in [6.07, 6.45) is 0.0292. The third-order valence-corrected chi connectivity index (χ3v) is 2.93. The number of nitrogens with two attached hydrogens (primary N) is 1. The minimum atomic E-state index is -1.13. The molecule has 6 N–H and O–H groups in total. The summed E-state index contributed by atoms with van der Waals surface area (Å²) >= 11 is 0. The summed E-state index contributed by atoms with van der Waals surface area (Å²) in [6.45, 7) is 0.501. The summed E-state index contributed by atoms with van der Waals surface area (Å²) in [5.41, 5.74) is 6.50. The lowest BCUT2D eigenvalue weighted by atomic mass is 10.0. The Hall–Kier alpha value is -1.83. The highest BCUT2D eigenvalue weighted by molar-refractivity contribution is 5.73. The molecule has 0 spiro atoms. The van der Waals surface area contributed by atoms with Crippen LogP contribution in [0.2, 0.25) is 0 Å². The molecular weight excluding hydrogens is 264 g/mol. The number of hydrogen-bond donors (Lipinski definition) is 5. The standard InChI is InChI=1S/C13H20N2O5/c14-11(13(19)20)7-9-1-2-10(8-12(9)18)15(3-5-16)4-6-17/h1-2,8,11,16-18H,3-7,14H2,(H,19,20). The van der Waals surface area contributed by atoms with Gasteiger partial charge in [0.1, 0.15) is 11.8 Å². The Morgan fingerprint density at radius 1 is 1.25 bits per heavy atom. The molecule has 0 heterocycles. The van der Waals surface area contributed by atoms with Crippen LogP contribution in [0.4, 0.5) is 5.69 Å². The SMILES string of the molecule is NC(Cc1ccc(N(CCO)CCO)cc1O)C(=O)O. The van der Waals surface area contributed by atoms with E-state index in [1.54, 1.807) is 17.0 Å². The van der Waals surface area contributed by atoms with Gasteiger partial charge in [0.15, 0.2) is 0 Å². The summed E-state index contributed by atoms with van der Waals surface area (Å²) < 4.78 is 0. The molecular formula is C13H20N2O5. The average molecular weight is 284 g/mol. The van der Waals surface area contributed by atoms with Gasteiger partial charge in [-0.25, -0.2) is 0 Å². The second kappa shape index (κ2) is 7.68. The Morgan fingerprint density at radius 2 is 1.85 bits per heavy atom. The first-order chi connectivity index (χ1) is 9.49. The third-order valence-electron chi connectivity index (χ3n) is 2.93. The molecule has 1 aromatic rings. The smallest absolute Gasteiger partial charge is 0.320 e. The number of aliphatic hydroxyl groups is 2. The second-order valence-corrected chi connectivity index (χ2v) is 4.40. The molecule has 1 atom stereocenters. The molecule has 0 aliphatic heterocycles. The second-order valence-electron chi connectivity index (χ2n) is 4.40. The van der Waals surface area contributed by atoms with E-state index in [2.05, 4.69) is 0 Å². The van der Waals surface area contributed by atoms with Crippen molar-refractivity contribution in [3.05, 3.63) is 23.8 Å². The van der Waals surface area contributed by atoms with Crippen molar-refractivity contribution in [1.29, 1.82) is 0 Å². The predicted octanol–water partition coefficient (Wildman–Crippen LogP) is -0.862. The van der Waals surface area contributed by atoms with Crippen LogP contribution in [0.15, 0.2) is 18.2 Å². The van der Waals surface area contributed by atoms with Crippen molar-refractivity contribution >= 4 is 11.7 Å². The summed E-state index contributed by atoms with van der Waals surface area (Å²) in [5.74, 6) is -1.18. The lowest BCUT2D eigenvalue weighted by Gasteiger charge is -2.23. The normalized spacial score (nSPS) is 12.2. The number of carboxylic acids is 1. The van der Waals surface area contributed by atoms with Crippen LogP contribution in [0.25, 0.3) is 0 Å². The molecule has 20 heavy (non-hydrogen) atoms. The quantitative estimate of drug-likeness (QED) is 0.420. The average Bonchev–Trinajstić information content (AvgIpc) is 2.40. The molecule has 0 saturated carbocycles. The van der Waals surface area contributed by atoms with Gasteiger partial charge in [0.25, 0.3) is 0 Å². The van der Waals surface area contributed by atoms with Crippen LogP contribution in [0.1, 0.15) is 5.56 Å². The summed E-state index contributed by atoms with van der Waals surface area (Å²) in [4.78, 5) is 12.4. The number of anilines is 1. The van der Waals surface area contributed by atoms with Gasteiger partial charge in [0.05, 0.1) is 13.2 Å². The van der Waals surface area contributed by atoms with Crippen molar-refractivity contribution in [1.82, 2.24) is 0 Å². The van der Waals surface area contributed by atoms with Gasteiger partial charge in [0, 0.05) is 31.3 Å². The third kappa shape index (κ3) is 4.37. The van der Waals surface area contributed by atoms with Crippen molar-refractivity contribution < 1.29 is 25.2 Å². The Labute approximate surface area is 116 Å². The van der Waals surface area contributed by atoms with E-state index in [9.17, 15) is 9.90 Å². The van der Waals surface area contributed by atoms with Crippen LogP contribution in [-0.4, -0.2) is 58.7 Å². The molecule has 0 amide bonds. The summed E-state index contributed by atoms with van der Waals surface area (Å²) in [6, 6.07) is 3.68. The largest absolute Gasteiger partial charge is 0.508 e. The van der Waals surface area contributed by atoms with Gasteiger partial charge in [-0.2, -0.15) is 0 Å². The first-order valence-electron chi connectivity index (χ1n) is 6.26. The van der Waals surface area contributed by atoms with Gasteiger partial charge in [-0.3, -0.25) is 4.79 Å². The number of carboxylic acid groups (broad SMARTS) is 1. The lowest BCUT2D eigenvalue weighted by Crippen LogP contribution is -2.32. The Bertz CT molecular complexity index is 446. The number of rotatable bonds is 8. The van der Waals surface area contributed by atoms with E-state index in [4.69, 9.17) is 21.1 Å².